The van der Waals surface area contributed by atoms with E-state index in [9.17, 15) is 13.6 Å². The molecule has 9 heteroatoms. The predicted molar refractivity (Wildman–Crippen MR) is 112 cm³/mol. The first kappa shape index (κ1) is 22.7. The minimum Gasteiger partial charge on any atom is -0.493 e. The van der Waals surface area contributed by atoms with E-state index < -0.39 is 6.61 Å². The number of para-hydroxylation sites is 1. The molecule has 0 amide bonds. The van der Waals surface area contributed by atoms with Gasteiger partial charge in [-0.15, -0.1) is 0 Å². The van der Waals surface area contributed by atoms with Crippen molar-refractivity contribution >= 4 is 35.1 Å². The second kappa shape index (κ2) is 10.3. The third kappa shape index (κ3) is 5.99. The molecule has 0 saturated carbocycles. The van der Waals surface area contributed by atoms with Gasteiger partial charge in [0.1, 0.15) is 18.1 Å². The Labute approximate surface area is 186 Å². The molecule has 0 aliphatic carbocycles. The zero-order chi connectivity index (χ0) is 22.4. The summed E-state index contributed by atoms with van der Waals surface area (Å²) < 4.78 is 45.4. The van der Waals surface area contributed by atoms with Crippen molar-refractivity contribution in [3.05, 3.63) is 81.7 Å². The van der Waals surface area contributed by atoms with E-state index in [2.05, 4.69) is 4.74 Å². The number of methoxy groups -OCH3 is 1. The summed E-state index contributed by atoms with van der Waals surface area (Å²) in [7, 11) is 1.29. The first-order valence-electron chi connectivity index (χ1n) is 8.88. The van der Waals surface area contributed by atoms with Crippen LogP contribution in [0.4, 0.5) is 8.78 Å². The lowest BCUT2D eigenvalue weighted by atomic mass is 10.1. The van der Waals surface area contributed by atoms with Crippen molar-refractivity contribution in [3.63, 3.8) is 0 Å². The van der Waals surface area contributed by atoms with Crippen molar-refractivity contribution in [1.29, 1.82) is 0 Å². The van der Waals surface area contributed by atoms with E-state index in [-0.39, 0.29) is 29.5 Å². The van der Waals surface area contributed by atoms with Crippen LogP contribution in [0.15, 0.2) is 59.0 Å². The highest BCUT2D eigenvalue weighted by Crippen LogP contribution is 2.33. The molecule has 162 valence electrons. The molecule has 0 saturated heterocycles. The Hall–Kier alpha value is -3.03. The number of halogens is 4. The fourth-order valence-corrected chi connectivity index (χ4v) is 3.10. The van der Waals surface area contributed by atoms with Gasteiger partial charge in [-0.05, 0) is 54.6 Å². The van der Waals surface area contributed by atoms with E-state index >= 15 is 0 Å². The summed E-state index contributed by atoms with van der Waals surface area (Å²) in [6, 6.07) is 12.3. The van der Waals surface area contributed by atoms with Gasteiger partial charge >= 0.3 is 6.61 Å². The number of alkyl halides is 2. The minimum atomic E-state index is -3.00. The number of ketones is 1. The van der Waals surface area contributed by atoms with Crippen LogP contribution in [0, 0.1) is 0 Å². The van der Waals surface area contributed by atoms with E-state index in [1.165, 1.54) is 37.5 Å². The summed E-state index contributed by atoms with van der Waals surface area (Å²) >= 11 is 12.1. The Morgan fingerprint density at radius 2 is 1.84 bits per heavy atom. The fourth-order valence-electron chi connectivity index (χ4n) is 2.59. The summed E-state index contributed by atoms with van der Waals surface area (Å²) in [5.41, 5.74) is 0.234. The molecule has 0 spiro atoms. The van der Waals surface area contributed by atoms with Crippen LogP contribution in [-0.4, -0.2) is 19.5 Å². The van der Waals surface area contributed by atoms with Gasteiger partial charge in [0.15, 0.2) is 23.0 Å². The third-order valence-corrected chi connectivity index (χ3v) is 4.62. The number of furan rings is 1. The Kier molecular flexibility index (Phi) is 7.55. The zero-order valence-electron chi connectivity index (χ0n) is 16.1. The Morgan fingerprint density at radius 1 is 1.10 bits per heavy atom. The summed E-state index contributed by atoms with van der Waals surface area (Å²) in [4.78, 5) is 12.4. The predicted octanol–water partition coefficient (Wildman–Crippen LogP) is 6.67. The van der Waals surface area contributed by atoms with E-state index in [1.807, 2.05) is 0 Å². The maximum Gasteiger partial charge on any atom is 0.387 e. The average molecular weight is 469 g/mol. The number of hydrogen-bond donors (Lipinski definition) is 0. The Morgan fingerprint density at radius 3 is 2.52 bits per heavy atom. The molecule has 2 aromatic carbocycles. The SMILES string of the molecule is COc1cc(C(=O)/C=C/c2ccc(COc3c(Cl)cccc3Cl)o2)ccc1OC(F)F. The second-order valence-corrected chi connectivity index (χ2v) is 6.90. The van der Waals surface area contributed by atoms with Crippen LogP contribution in [0.3, 0.4) is 0 Å². The molecular formula is C22H16Cl2F2O5. The van der Waals surface area contributed by atoms with Crippen LogP contribution in [-0.2, 0) is 6.61 Å². The Bertz CT molecular complexity index is 1080. The summed E-state index contributed by atoms with van der Waals surface area (Å²) in [5.74, 6) is 0.754. The lowest BCUT2D eigenvalue weighted by Gasteiger charge is -2.10. The second-order valence-electron chi connectivity index (χ2n) is 6.09. The van der Waals surface area contributed by atoms with Gasteiger partial charge in [0.25, 0.3) is 0 Å². The topological polar surface area (TPSA) is 57.9 Å². The van der Waals surface area contributed by atoms with Crippen molar-refractivity contribution in [1.82, 2.24) is 0 Å². The standard InChI is InChI=1S/C22H16Cl2F2O5/c1-28-20-11-13(5-10-19(20)31-22(25)26)18(27)9-8-14-6-7-15(30-14)12-29-21-16(23)3-2-4-17(21)24/h2-11,22H,12H2,1H3/b9-8+. The monoisotopic (exact) mass is 468 g/mol. The molecule has 0 unspecified atom stereocenters. The molecular weight excluding hydrogens is 453 g/mol. The molecule has 0 N–H and O–H groups in total. The van der Waals surface area contributed by atoms with Gasteiger partial charge in [-0.3, -0.25) is 4.79 Å². The number of benzene rings is 2. The van der Waals surface area contributed by atoms with Crippen molar-refractivity contribution in [3.8, 4) is 17.2 Å². The maximum atomic E-state index is 12.4. The molecule has 0 radical (unpaired) electrons. The highest BCUT2D eigenvalue weighted by atomic mass is 35.5. The molecule has 0 fully saturated rings. The van der Waals surface area contributed by atoms with Crippen molar-refractivity contribution in [2.24, 2.45) is 0 Å². The normalized spacial score (nSPS) is 11.2. The van der Waals surface area contributed by atoms with Gasteiger partial charge in [0, 0.05) is 5.56 Å². The molecule has 0 aliphatic rings. The van der Waals surface area contributed by atoms with E-state index in [0.717, 1.165) is 0 Å². The van der Waals surface area contributed by atoms with Gasteiger partial charge in [0.2, 0.25) is 0 Å². The number of carbonyl (C=O) groups is 1. The zero-order valence-corrected chi connectivity index (χ0v) is 17.6. The molecule has 5 nitrogen and oxygen atoms in total. The third-order valence-electron chi connectivity index (χ3n) is 4.02. The van der Waals surface area contributed by atoms with Crippen LogP contribution in [0.25, 0.3) is 6.08 Å². The molecule has 31 heavy (non-hydrogen) atoms. The van der Waals surface area contributed by atoms with Crippen LogP contribution in [0.5, 0.6) is 17.2 Å². The van der Waals surface area contributed by atoms with Crippen LogP contribution < -0.4 is 14.2 Å². The highest BCUT2D eigenvalue weighted by molar-refractivity contribution is 6.37. The maximum absolute atomic E-state index is 12.4. The average Bonchev–Trinajstić information content (AvgIpc) is 3.19. The molecule has 0 bridgehead atoms. The fraction of sp³-hybridized carbons (Fsp3) is 0.136. The van der Waals surface area contributed by atoms with Crippen LogP contribution >= 0.6 is 23.2 Å². The van der Waals surface area contributed by atoms with E-state index in [0.29, 0.717) is 27.3 Å². The number of ether oxygens (including phenoxy) is 3. The van der Waals surface area contributed by atoms with Gasteiger partial charge in [-0.1, -0.05) is 29.3 Å². The number of allylic oxidation sites excluding steroid dienone is 1. The largest absolute Gasteiger partial charge is 0.493 e. The molecule has 1 aromatic heterocycles. The van der Waals surface area contributed by atoms with Gasteiger partial charge in [0.05, 0.1) is 17.2 Å². The van der Waals surface area contributed by atoms with Crippen LogP contribution in [0.2, 0.25) is 10.0 Å². The molecule has 0 aliphatic heterocycles. The van der Waals surface area contributed by atoms with Crippen molar-refractivity contribution in [2.45, 2.75) is 13.2 Å². The summed E-state index contributed by atoms with van der Waals surface area (Å²) in [5, 5.41) is 0.760. The Balaban J connectivity index is 1.64. The van der Waals surface area contributed by atoms with Crippen molar-refractivity contribution in [2.75, 3.05) is 7.11 Å². The van der Waals surface area contributed by atoms with Gasteiger partial charge < -0.3 is 18.6 Å². The summed E-state index contributed by atoms with van der Waals surface area (Å²) in [6.45, 7) is -2.91. The van der Waals surface area contributed by atoms with E-state index in [4.69, 9.17) is 37.1 Å². The highest BCUT2D eigenvalue weighted by Gasteiger charge is 2.13. The first-order chi connectivity index (χ1) is 14.9. The number of rotatable bonds is 9. The van der Waals surface area contributed by atoms with E-state index in [1.54, 1.807) is 30.3 Å². The lowest BCUT2D eigenvalue weighted by molar-refractivity contribution is -0.0512. The summed E-state index contributed by atoms with van der Waals surface area (Å²) in [6.07, 6.45) is 2.77. The van der Waals surface area contributed by atoms with Gasteiger partial charge in [-0.25, -0.2) is 0 Å². The minimum absolute atomic E-state index is 0.0233. The van der Waals surface area contributed by atoms with Gasteiger partial charge in [-0.2, -0.15) is 8.78 Å². The van der Waals surface area contributed by atoms with Crippen molar-refractivity contribution < 1.29 is 32.2 Å². The molecule has 1 heterocycles. The lowest BCUT2D eigenvalue weighted by Crippen LogP contribution is -2.04. The number of carbonyl (C=O) groups excluding carboxylic acids is 1. The van der Waals surface area contributed by atoms with Crippen LogP contribution in [0.1, 0.15) is 21.9 Å². The molecule has 3 aromatic rings. The number of hydrogen-bond acceptors (Lipinski definition) is 5. The smallest absolute Gasteiger partial charge is 0.387 e. The first-order valence-corrected chi connectivity index (χ1v) is 9.63. The quantitative estimate of drug-likeness (QED) is 0.259. The molecule has 0 atom stereocenters. The molecule has 3 rings (SSSR count).